The number of benzene rings is 2. The van der Waals surface area contributed by atoms with Crippen molar-refractivity contribution in [3.05, 3.63) is 76.7 Å². The summed E-state index contributed by atoms with van der Waals surface area (Å²) in [6, 6.07) is 15.3. The van der Waals surface area contributed by atoms with Crippen LogP contribution in [0.2, 0.25) is 0 Å². The maximum atomic E-state index is 14.6. The van der Waals surface area contributed by atoms with E-state index in [9.17, 15) is 19.2 Å². The number of ketones is 1. The SMILES string of the molecule is CC1(C)CC(=O)C2=C(C1)N(c1ccccc1C#N)C(=O)CC2c1ccccc1F. The fourth-order valence-electron chi connectivity index (χ4n) is 4.48. The zero-order valence-electron chi connectivity index (χ0n) is 16.4. The van der Waals surface area contributed by atoms with Crippen molar-refractivity contribution < 1.29 is 14.0 Å². The molecular weight excluding hydrogens is 367 g/mol. The van der Waals surface area contributed by atoms with Crippen LogP contribution >= 0.6 is 0 Å². The summed E-state index contributed by atoms with van der Waals surface area (Å²) in [4.78, 5) is 28.0. The average molecular weight is 388 g/mol. The summed E-state index contributed by atoms with van der Waals surface area (Å²) in [6.45, 7) is 3.97. The molecule has 146 valence electrons. The van der Waals surface area contributed by atoms with Crippen molar-refractivity contribution in [2.45, 2.75) is 39.0 Å². The molecule has 4 nitrogen and oxygen atoms in total. The molecule has 0 bridgehead atoms. The van der Waals surface area contributed by atoms with Gasteiger partial charge in [0.1, 0.15) is 11.9 Å². The Morgan fingerprint density at radius 3 is 2.48 bits per heavy atom. The minimum atomic E-state index is -0.604. The number of hydrogen-bond acceptors (Lipinski definition) is 3. The number of Topliss-reactive ketones (excluding diaryl/α,β-unsaturated/α-hetero) is 1. The average Bonchev–Trinajstić information content (AvgIpc) is 2.67. The van der Waals surface area contributed by atoms with Crippen LogP contribution in [0, 0.1) is 22.6 Å². The highest BCUT2D eigenvalue weighted by Gasteiger charge is 2.45. The lowest BCUT2D eigenvalue weighted by Crippen LogP contribution is -2.44. The largest absolute Gasteiger partial charge is 0.294 e. The first-order chi connectivity index (χ1) is 13.8. The molecule has 1 aliphatic heterocycles. The van der Waals surface area contributed by atoms with E-state index in [4.69, 9.17) is 0 Å². The maximum absolute atomic E-state index is 14.6. The topological polar surface area (TPSA) is 61.2 Å². The molecule has 2 aliphatic rings. The van der Waals surface area contributed by atoms with Gasteiger partial charge in [0.2, 0.25) is 5.91 Å². The minimum Gasteiger partial charge on any atom is -0.294 e. The van der Waals surface area contributed by atoms with Gasteiger partial charge < -0.3 is 0 Å². The van der Waals surface area contributed by atoms with Crippen molar-refractivity contribution in [3.8, 4) is 6.07 Å². The lowest BCUT2D eigenvalue weighted by atomic mass is 9.69. The molecule has 0 spiro atoms. The Morgan fingerprint density at radius 2 is 1.76 bits per heavy atom. The van der Waals surface area contributed by atoms with E-state index in [1.165, 1.54) is 11.0 Å². The molecule has 1 aliphatic carbocycles. The van der Waals surface area contributed by atoms with Gasteiger partial charge in [-0.25, -0.2) is 4.39 Å². The van der Waals surface area contributed by atoms with Gasteiger partial charge in [-0.05, 0) is 35.6 Å². The molecule has 0 fully saturated rings. The third kappa shape index (κ3) is 3.25. The zero-order valence-corrected chi connectivity index (χ0v) is 16.4. The van der Waals surface area contributed by atoms with E-state index < -0.39 is 11.7 Å². The smallest absolute Gasteiger partial charge is 0.232 e. The van der Waals surface area contributed by atoms with Gasteiger partial charge in [0.15, 0.2) is 5.78 Å². The van der Waals surface area contributed by atoms with Crippen LogP contribution in [0.25, 0.3) is 0 Å². The van der Waals surface area contributed by atoms with Gasteiger partial charge in [0.05, 0.1) is 11.3 Å². The van der Waals surface area contributed by atoms with E-state index in [2.05, 4.69) is 6.07 Å². The summed E-state index contributed by atoms with van der Waals surface area (Å²) in [5, 5.41) is 9.53. The van der Waals surface area contributed by atoms with Crippen molar-refractivity contribution in [1.29, 1.82) is 5.26 Å². The molecule has 29 heavy (non-hydrogen) atoms. The van der Waals surface area contributed by atoms with Crippen LogP contribution in [0.4, 0.5) is 10.1 Å². The van der Waals surface area contributed by atoms with Gasteiger partial charge in [-0.3, -0.25) is 14.5 Å². The van der Waals surface area contributed by atoms with E-state index in [0.717, 1.165) is 0 Å². The van der Waals surface area contributed by atoms with Crippen molar-refractivity contribution in [2.75, 3.05) is 4.90 Å². The van der Waals surface area contributed by atoms with E-state index in [1.54, 1.807) is 42.5 Å². The number of rotatable bonds is 2. The third-order valence-corrected chi connectivity index (χ3v) is 5.69. The number of para-hydroxylation sites is 1. The third-order valence-electron chi connectivity index (χ3n) is 5.69. The molecule has 5 heteroatoms. The summed E-state index contributed by atoms with van der Waals surface area (Å²) in [7, 11) is 0. The minimum absolute atomic E-state index is 0.00824. The van der Waals surface area contributed by atoms with Crippen LogP contribution < -0.4 is 4.90 Å². The molecule has 0 radical (unpaired) electrons. The molecule has 2 aromatic rings. The molecule has 1 atom stereocenters. The van der Waals surface area contributed by atoms with Crippen molar-refractivity contribution in [2.24, 2.45) is 5.41 Å². The monoisotopic (exact) mass is 388 g/mol. The molecule has 0 saturated carbocycles. The molecule has 0 N–H and O–H groups in total. The molecular formula is C24H21FN2O2. The second-order valence-corrected chi connectivity index (χ2v) is 8.44. The highest BCUT2D eigenvalue weighted by atomic mass is 19.1. The lowest BCUT2D eigenvalue weighted by molar-refractivity contribution is -0.121. The van der Waals surface area contributed by atoms with Gasteiger partial charge in [0, 0.05) is 30.0 Å². The molecule has 1 unspecified atom stereocenters. The standard InChI is InChI=1S/C24H21FN2O2/c1-24(2)12-20-23(21(28)13-24)17(16-8-4-5-9-18(16)25)11-22(29)27(20)19-10-6-3-7-15(19)14-26/h3-10,17H,11-13H2,1-2H3. The number of allylic oxidation sites excluding steroid dienone is 2. The number of nitrogens with zero attached hydrogens (tertiary/aromatic N) is 2. The van der Waals surface area contributed by atoms with Gasteiger partial charge in [-0.15, -0.1) is 0 Å². The first-order valence-corrected chi connectivity index (χ1v) is 9.65. The number of anilines is 1. The molecule has 1 amide bonds. The Balaban J connectivity index is 1.96. The number of amides is 1. The summed E-state index contributed by atoms with van der Waals surface area (Å²) >= 11 is 0. The molecule has 1 heterocycles. The van der Waals surface area contributed by atoms with Crippen LogP contribution in [-0.4, -0.2) is 11.7 Å². The van der Waals surface area contributed by atoms with Gasteiger partial charge >= 0.3 is 0 Å². The Labute approximate surface area is 169 Å². The summed E-state index contributed by atoms with van der Waals surface area (Å²) in [5.41, 5.74) is 1.99. The summed E-state index contributed by atoms with van der Waals surface area (Å²) in [6.07, 6.45) is 0.842. The van der Waals surface area contributed by atoms with Crippen molar-refractivity contribution >= 4 is 17.4 Å². The van der Waals surface area contributed by atoms with Gasteiger partial charge in [0.25, 0.3) is 0 Å². The highest BCUT2D eigenvalue weighted by molar-refractivity contribution is 6.08. The maximum Gasteiger partial charge on any atom is 0.232 e. The van der Waals surface area contributed by atoms with Crippen LogP contribution in [0.1, 0.15) is 50.2 Å². The number of carbonyl (C=O) groups is 2. The lowest BCUT2D eigenvalue weighted by Gasteiger charge is -2.43. The van der Waals surface area contributed by atoms with Crippen molar-refractivity contribution in [1.82, 2.24) is 0 Å². The first-order valence-electron chi connectivity index (χ1n) is 9.65. The van der Waals surface area contributed by atoms with E-state index in [1.807, 2.05) is 13.8 Å². The summed E-state index contributed by atoms with van der Waals surface area (Å²) in [5.74, 6) is -1.31. The fourth-order valence-corrected chi connectivity index (χ4v) is 4.48. The Morgan fingerprint density at radius 1 is 1.07 bits per heavy atom. The Kier molecular flexibility index (Phi) is 4.58. The quantitative estimate of drug-likeness (QED) is 0.738. The number of nitriles is 1. The Bertz CT molecular complexity index is 1090. The first kappa shape index (κ1) is 19.1. The van der Waals surface area contributed by atoms with Crippen LogP contribution in [0.3, 0.4) is 0 Å². The summed E-state index contributed by atoms with van der Waals surface area (Å²) < 4.78 is 14.6. The highest BCUT2D eigenvalue weighted by Crippen LogP contribution is 2.48. The van der Waals surface area contributed by atoms with Gasteiger partial charge in [-0.1, -0.05) is 44.2 Å². The van der Waals surface area contributed by atoms with E-state index >= 15 is 0 Å². The molecule has 2 aromatic carbocycles. The predicted octanol–water partition coefficient (Wildman–Crippen LogP) is 4.86. The number of halogens is 1. The van der Waals surface area contributed by atoms with Gasteiger partial charge in [-0.2, -0.15) is 5.26 Å². The van der Waals surface area contributed by atoms with Crippen molar-refractivity contribution in [3.63, 3.8) is 0 Å². The van der Waals surface area contributed by atoms with Crippen LogP contribution in [-0.2, 0) is 9.59 Å². The number of carbonyl (C=O) groups excluding carboxylic acids is 2. The molecule has 0 saturated heterocycles. The second kappa shape index (κ2) is 6.97. The Hall–Kier alpha value is -3.26. The van der Waals surface area contributed by atoms with Crippen LogP contribution in [0.5, 0.6) is 0 Å². The van der Waals surface area contributed by atoms with Crippen LogP contribution in [0.15, 0.2) is 59.8 Å². The molecule has 0 aromatic heterocycles. The normalized spacial score (nSPS) is 21.0. The van der Waals surface area contributed by atoms with E-state index in [-0.39, 0.29) is 23.5 Å². The second-order valence-electron chi connectivity index (χ2n) is 8.44. The molecule has 4 rings (SSSR count). The number of hydrogen-bond donors (Lipinski definition) is 0. The fraction of sp³-hybridized carbons (Fsp3) is 0.292. The van der Waals surface area contributed by atoms with E-state index in [0.29, 0.717) is 40.9 Å². The predicted molar refractivity (Wildman–Crippen MR) is 107 cm³/mol. The zero-order chi connectivity index (χ0) is 20.8.